The van der Waals surface area contributed by atoms with Gasteiger partial charge < -0.3 is 14.6 Å². The van der Waals surface area contributed by atoms with Gasteiger partial charge in [-0.3, -0.25) is 0 Å². The van der Waals surface area contributed by atoms with Crippen molar-refractivity contribution in [3.05, 3.63) is 47.1 Å². The highest BCUT2D eigenvalue weighted by molar-refractivity contribution is 7.95. The predicted octanol–water partition coefficient (Wildman–Crippen LogP) is 3.89. The van der Waals surface area contributed by atoms with Crippen molar-refractivity contribution in [3.8, 4) is 5.75 Å². The highest BCUT2D eigenvalue weighted by Gasteiger charge is 2.23. The lowest BCUT2D eigenvalue weighted by atomic mass is 10.2. The third kappa shape index (κ3) is 4.61. The van der Waals surface area contributed by atoms with E-state index in [0.717, 1.165) is 0 Å². The number of hydrogen-bond acceptors (Lipinski definition) is 6. The standard InChI is InChI=1S/C17H20O6S/c1-17(2,3)23-16(19)22-13-6-10-15(11-7-13)24(20,21)14-8-4-12(18)5-9-14/h4,6-8,10-11,18H,5,9H2,1-3H3. The Morgan fingerprint density at radius 2 is 1.71 bits per heavy atom. The van der Waals surface area contributed by atoms with Crippen LogP contribution in [0.3, 0.4) is 0 Å². The number of aliphatic hydroxyl groups is 1. The first kappa shape index (κ1) is 18.1. The lowest BCUT2D eigenvalue weighted by molar-refractivity contribution is 0.0206. The Morgan fingerprint density at radius 1 is 1.08 bits per heavy atom. The summed E-state index contributed by atoms with van der Waals surface area (Å²) in [6.45, 7) is 5.15. The van der Waals surface area contributed by atoms with Crippen LogP contribution in [0, 0.1) is 0 Å². The third-order valence-corrected chi connectivity index (χ3v) is 5.08. The number of carbonyl (C=O) groups is 1. The van der Waals surface area contributed by atoms with Gasteiger partial charge >= 0.3 is 6.16 Å². The highest BCUT2D eigenvalue weighted by Crippen LogP contribution is 2.28. The average Bonchev–Trinajstić information content (AvgIpc) is 2.46. The largest absolute Gasteiger partial charge is 0.514 e. The second kappa shape index (κ2) is 6.68. The van der Waals surface area contributed by atoms with Gasteiger partial charge in [0.25, 0.3) is 0 Å². The first-order chi connectivity index (χ1) is 11.1. The van der Waals surface area contributed by atoms with Crippen molar-refractivity contribution >= 4 is 16.0 Å². The first-order valence-electron chi connectivity index (χ1n) is 7.42. The molecular weight excluding hydrogens is 332 g/mol. The van der Waals surface area contributed by atoms with Gasteiger partial charge in [-0.1, -0.05) is 0 Å². The van der Waals surface area contributed by atoms with Crippen molar-refractivity contribution < 1.29 is 27.8 Å². The second-order valence-electron chi connectivity index (χ2n) is 6.33. The van der Waals surface area contributed by atoms with Crippen LogP contribution in [-0.4, -0.2) is 25.3 Å². The Labute approximate surface area is 141 Å². The van der Waals surface area contributed by atoms with Crippen LogP contribution >= 0.6 is 0 Å². The predicted molar refractivity (Wildman–Crippen MR) is 88.5 cm³/mol. The summed E-state index contributed by atoms with van der Waals surface area (Å²) in [5.74, 6) is 0.355. The molecule has 0 aliphatic heterocycles. The Kier molecular flexibility index (Phi) is 5.03. The van der Waals surface area contributed by atoms with E-state index >= 15 is 0 Å². The lowest BCUT2D eigenvalue weighted by Gasteiger charge is -2.18. The molecule has 2 rings (SSSR count). The molecule has 1 N–H and O–H groups in total. The SMILES string of the molecule is CC(C)(C)OC(=O)Oc1ccc(S(=O)(=O)C2=CC=C(O)CC2)cc1. The summed E-state index contributed by atoms with van der Waals surface area (Å²) in [6, 6.07) is 5.53. The third-order valence-electron chi connectivity index (χ3n) is 3.16. The fraction of sp³-hybridized carbons (Fsp3) is 0.353. The quantitative estimate of drug-likeness (QED) is 0.655. The lowest BCUT2D eigenvalue weighted by Crippen LogP contribution is -2.25. The summed E-state index contributed by atoms with van der Waals surface area (Å²) < 4.78 is 35.0. The maximum absolute atomic E-state index is 12.5. The van der Waals surface area contributed by atoms with Crippen molar-refractivity contribution in [3.63, 3.8) is 0 Å². The molecule has 1 aliphatic rings. The molecule has 130 valence electrons. The van der Waals surface area contributed by atoms with Gasteiger partial charge in [-0.15, -0.1) is 0 Å². The number of rotatable bonds is 3. The first-order valence-corrected chi connectivity index (χ1v) is 8.91. The van der Waals surface area contributed by atoms with Crippen LogP contribution in [0.25, 0.3) is 0 Å². The number of sulfone groups is 1. The maximum Gasteiger partial charge on any atom is 0.514 e. The van der Waals surface area contributed by atoms with Gasteiger partial charge in [-0.2, -0.15) is 0 Å². The Morgan fingerprint density at radius 3 is 2.21 bits per heavy atom. The zero-order chi connectivity index (χ0) is 18.0. The molecule has 0 bridgehead atoms. The van der Waals surface area contributed by atoms with Gasteiger partial charge in [0.1, 0.15) is 11.4 Å². The second-order valence-corrected chi connectivity index (χ2v) is 8.33. The minimum atomic E-state index is -3.63. The molecule has 24 heavy (non-hydrogen) atoms. The normalized spacial score (nSPS) is 15.3. The Bertz CT molecular complexity index is 779. The van der Waals surface area contributed by atoms with Gasteiger partial charge in [-0.05, 0) is 63.6 Å². The van der Waals surface area contributed by atoms with Crippen LogP contribution in [0.15, 0.2) is 52.0 Å². The van der Waals surface area contributed by atoms with E-state index in [1.807, 2.05) is 0 Å². The molecule has 0 radical (unpaired) electrons. The van der Waals surface area contributed by atoms with E-state index in [2.05, 4.69) is 0 Å². The molecule has 1 aliphatic carbocycles. The maximum atomic E-state index is 12.5. The molecule has 0 unspecified atom stereocenters. The van der Waals surface area contributed by atoms with E-state index in [0.29, 0.717) is 6.42 Å². The van der Waals surface area contributed by atoms with Crippen molar-refractivity contribution in [2.45, 2.75) is 44.1 Å². The van der Waals surface area contributed by atoms with E-state index < -0.39 is 21.6 Å². The molecule has 1 aromatic rings. The van der Waals surface area contributed by atoms with Gasteiger partial charge in [0.15, 0.2) is 0 Å². The minimum absolute atomic E-state index is 0.0973. The van der Waals surface area contributed by atoms with Crippen LogP contribution in [-0.2, 0) is 14.6 Å². The topological polar surface area (TPSA) is 89.9 Å². The monoisotopic (exact) mass is 352 g/mol. The molecule has 7 heteroatoms. The summed E-state index contributed by atoms with van der Waals surface area (Å²) in [5, 5.41) is 9.33. The molecular formula is C17H20O6S. The van der Waals surface area contributed by atoms with Crippen molar-refractivity contribution in [1.29, 1.82) is 0 Å². The fourth-order valence-electron chi connectivity index (χ4n) is 2.04. The number of carbonyl (C=O) groups excluding carboxylic acids is 1. The van der Waals surface area contributed by atoms with Crippen molar-refractivity contribution in [1.82, 2.24) is 0 Å². The van der Waals surface area contributed by atoms with Gasteiger partial charge in [0.2, 0.25) is 9.84 Å². The Hall–Kier alpha value is -2.28. The van der Waals surface area contributed by atoms with E-state index in [1.165, 1.54) is 36.4 Å². The van der Waals surface area contributed by atoms with E-state index in [4.69, 9.17) is 9.47 Å². The van der Waals surface area contributed by atoms with Crippen LogP contribution in [0.5, 0.6) is 5.75 Å². The number of aliphatic hydroxyl groups excluding tert-OH is 1. The molecule has 0 atom stereocenters. The van der Waals surface area contributed by atoms with Crippen molar-refractivity contribution in [2.24, 2.45) is 0 Å². The van der Waals surface area contributed by atoms with Crippen LogP contribution in [0.2, 0.25) is 0 Å². The van der Waals surface area contributed by atoms with Gasteiger partial charge in [0, 0.05) is 11.3 Å². The number of ether oxygens (including phenoxy) is 2. The smallest absolute Gasteiger partial charge is 0.512 e. The molecule has 0 heterocycles. The van der Waals surface area contributed by atoms with E-state index in [1.54, 1.807) is 20.8 Å². The minimum Gasteiger partial charge on any atom is -0.512 e. The molecule has 0 amide bonds. The zero-order valence-electron chi connectivity index (χ0n) is 13.8. The molecule has 1 aromatic carbocycles. The number of hydrogen-bond donors (Lipinski definition) is 1. The molecule has 0 saturated carbocycles. The van der Waals surface area contributed by atoms with Crippen LogP contribution in [0.4, 0.5) is 4.79 Å². The zero-order valence-corrected chi connectivity index (χ0v) is 14.6. The molecule has 0 aromatic heterocycles. The fourth-order valence-corrected chi connectivity index (χ4v) is 3.45. The molecule has 0 spiro atoms. The van der Waals surface area contributed by atoms with Crippen LogP contribution < -0.4 is 4.74 Å². The van der Waals surface area contributed by atoms with Crippen molar-refractivity contribution in [2.75, 3.05) is 0 Å². The van der Waals surface area contributed by atoms with Crippen LogP contribution in [0.1, 0.15) is 33.6 Å². The number of benzene rings is 1. The molecule has 0 saturated heterocycles. The summed E-state index contributed by atoms with van der Waals surface area (Å²) in [6.07, 6.45) is 2.48. The molecule has 6 nitrogen and oxygen atoms in total. The number of allylic oxidation sites excluding steroid dienone is 4. The average molecular weight is 352 g/mol. The summed E-state index contributed by atoms with van der Waals surface area (Å²) >= 11 is 0. The highest BCUT2D eigenvalue weighted by atomic mass is 32.2. The van der Waals surface area contributed by atoms with Gasteiger partial charge in [-0.25, -0.2) is 13.2 Å². The summed E-state index contributed by atoms with van der Waals surface area (Å²) in [4.78, 5) is 11.9. The summed E-state index contributed by atoms with van der Waals surface area (Å²) in [7, 11) is -3.63. The Balaban J connectivity index is 2.13. The molecule has 0 fully saturated rings. The van der Waals surface area contributed by atoms with Gasteiger partial charge in [0.05, 0.1) is 10.7 Å². The summed E-state index contributed by atoms with van der Waals surface area (Å²) in [5.41, 5.74) is -0.674. The van der Waals surface area contributed by atoms with E-state index in [9.17, 15) is 18.3 Å². The van der Waals surface area contributed by atoms with E-state index in [-0.39, 0.29) is 27.7 Å².